The van der Waals surface area contributed by atoms with Crippen molar-refractivity contribution in [1.82, 2.24) is 4.90 Å². The van der Waals surface area contributed by atoms with Gasteiger partial charge in [-0.25, -0.2) is 0 Å². The van der Waals surface area contributed by atoms with Crippen LogP contribution in [0, 0.1) is 18.8 Å². The number of aliphatic carboxylic acids is 1. The molecule has 0 radical (unpaired) electrons. The molecule has 0 saturated carbocycles. The van der Waals surface area contributed by atoms with E-state index in [-0.39, 0.29) is 11.9 Å². The van der Waals surface area contributed by atoms with Crippen LogP contribution in [0.3, 0.4) is 0 Å². The lowest BCUT2D eigenvalue weighted by molar-refractivity contribution is -0.144. The number of hydrogen-bond acceptors (Lipinski definition) is 2. The maximum atomic E-state index is 12.7. The fourth-order valence-electron chi connectivity index (χ4n) is 3.12. The van der Waals surface area contributed by atoms with Crippen molar-refractivity contribution in [2.24, 2.45) is 11.8 Å². The van der Waals surface area contributed by atoms with Crippen molar-refractivity contribution in [3.8, 4) is 0 Å². The molecule has 1 heterocycles. The van der Waals surface area contributed by atoms with Gasteiger partial charge in [-0.05, 0) is 30.9 Å². The molecular weight excluding hydrogens is 266 g/mol. The Morgan fingerprint density at radius 1 is 1.38 bits per heavy atom. The molecule has 0 spiro atoms. The molecule has 2 unspecified atom stereocenters. The molecule has 4 nitrogen and oxygen atoms in total. The van der Waals surface area contributed by atoms with E-state index in [0.29, 0.717) is 24.4 Å². The molecule has 21 heavy (non-hydrogen) atoms. The van der Waals surface area contributed by atoms with E-state index in [2.05, 4.69) is 0 Å². The standard InChI is InChI=1S/C17H23NO3/c1-5-12(17(20)21)15-13-7-6-11(4)8-14(13)16(19)18(15)9-10(2)3/h6-8,10,12,15H,5,9H2,1-4H3,(H,20,21). The largest absolute Gasteiger partial charge is 0.481 e. The summed E-state index contributed by atoms with van der Waals surface area (Å²) < 4.78 is 0. The van der Waals surface area contributed by atoms with Crippen LogP contribution in [0.15, 0.2) is 18.2 Å². The smallest absolute Gasteiger partial charge is 0.308 e. The van der Waals surface area contributed by atoms with Gasteiger partial charge in [0, 0.05) is 12.1 Å². The van der Waals surface area contributed by atoms with Crippen molar-refractivity contribution in [3.63, 3.8) is 0 Å². The first-order valence-corrected chi connectivity index (χ1v) is 7.51. The highest BCUT2D eigenvalue weighted by Gasteiger charge is 2.43. The van der Waals surface area contributed by atoms with Crippen LogP contribution in [0.4, 0.5) is 0 Å². The molecule has 1 aromatic carbocycles. The Hall–Kier alpha value is -1.84. The molecule has 1 amide bonds. The number of carbonyl (C=O) groups is 2. The quantitative estimate of drug-likeness (QED) is 0.905. The van der Waals surface area contributed by atoms with E-state index in [1.165, 1.54) is 0 Å². The summed E-state index contributed by atoms with van der Waals surface area (Å²) in [4.78, 5) is 26.0. The molecule has 2 rings (SSSR count). The number of hydrogen-bond donors (Lipinski definition) is 1. The molecule has 0 fully saturated rings. The lowest BCUT2D eigenvalue weighted by Crippen LogP contribution is -2.37. The number of carboxylic acid groups (broad SMARTS) is 1. The normalized spacial score (nSPS) is 19.0. The van der Waals surface area contributed by atoms with Gasteiger partial charge in [0.2, 0.25) is 0 Å². The van der Waals surface area contributed by atoms with E-state index in [1.54, 1.807) is 4.90 Å². The summed E-state index contributed by atoms with van der Waals surface area (Å²) in [5.74, 6) is -1.13. The van der Waals surface area contributed by atoms with Crippen LogP contribution in [0.2, 0.25) is 0 Å². The summed E-state index contributed by atoms with van der Waals surface area (Å²) in [5.41, 5.74) is 2.55. The van der Waals surface area contributed by atoms with Crippen LogP contribution in [0.5, 0.6) is 0 Å². The third kappa shape index (κ3) is 2.80. The van der Waals surface area contributed by atoms with E-state index in [4.69, 9.17) is 0 Å². The Morgan fingerprint density at radius 3 is 2.57 bits per heavy atom. The second kappa shape index (κ2) is 5.88. The molecule has 1 N–H and O–H groups in total. The lowest BCUT2D eigenvalue weighted by atomic mass is 9.90. The summed E-state index contributed by atoms with van der Waals surface area (Å²) in [6.45, 7) is 8.48. The molecule has 1 aromatic rings. The average molecular weight is 289 g/mol. The minimum atomic E-state index is -0.836. The van der Waals surface area contributed by atoms with Crippen molar-refractivity contribution in [1.29, 1.82) is 0 Å². The van der Waals surface area contributed by atoms with Gasteiger partial charge in [0.15, 0.2) is 0 Å². The number of rotatable bonds is 5. The SMILES string of the molecule is CCC(C(=O)O)C1c2ccc(C)cc2C(=O)N1CC(C)C. The number of carboxylic acids is 1. The first kappa shape index (κ1) is 15.5. The van der Waals surface area contributed by atoms with Crippen molar-refractivity contribution in [2.45, 2.75) is 40.2 Å². The van der Waals surface area contributed by atoms with Gasteiger partial charge in [0.25, 0.3) is 5.91 Å². The number of nitrogens with zero attached hydrogens (tertiary/aromatic N) is 1. The van der Waals surface area contributed by atoms with E-state index < -0.39 is 11.9 Å². The second-order valence-corrected chi connectivity index (χ2v) is 6.24. The molecule has 0 aliphatic carbocycles. The number of carbonyl (C=O) groups excluding carboxylic acids is 1. The van der Waals surface area contributed by atoms with Crippen molar-refractivity contribution in [3.05, 3.63) is 34.9 Å². The number of fused-ring (bicyclic) bond motifs is 1. The Balaban J connectivity index is 2.51. The van der Waals surface area contributed by atoms with Crippen LogP contribution in [0.25, 0.3) is 0 Å². The zero-order valence-corrected chi connectivity index (χ0v) is 13.1. The highest BCUT2D eigenvalue weighted by Crippen LogP contribution is 2.40. The van der Waals surface area contributed by atoms with Gasteiger partial charge in [0.05, 0.1) is 12.0 Å². The summed E-state index contributed by atoms with van der Waals surface area (Å²) in [7, 11) is 0. The van der Waals surface area contributed by atoms with Crippen molar-refractivity contribution < 1.29 is 14.7 Å². The van der Waals surface area contributed by atoms with E-state index >= 15 is 0 Å². The Kier molecular flexibility index (Phi) is 4.35. The van der Waals surface area contributed by atoms with Crippen molar-refractivity contribution in [2.75, 3.05) is 6.54 Å². The van der Waals surface area contributed by atoms with Gasteiger partial charge in [-0.1, -0.05) is 38.5 Å². The molecule has 114 valence electrons. The Bertz CT molecular complexity index is 565. The molecule has 2 atom stereocenters. The predicted octanol–water partition coefficient (Wildman–Crippen LogP) is 3.26. The monoisotopic (exact) mass is 289 g/mol. The predicted molar refractivity (Wildman–Crippen MR) is 81.2 cm³/mol. The van der Waals surface area contributed by atoms with Gasteiger partial charge >= 0.3 is 5.97 Å². The van der Waals surface area contributed by atoms with Gasteiger partial charge < -0.3 is 10.0 Å². The summed E-state index contributed by atoms with van der Waals surface area (Å²) in [6, 6.07) is 5.39. The van der Waals surface area contributed by atoms with Crippen molar-refractivity contribution >= 4 is 11.9 Å². The van der Waals surface area contributed by atoms with Gasteiger partial charge in [0.1, 0.15) is 0 Å². The molecular formula is C17H23NO3. The Morgan fingerprint density at radius 2 is 2.05 bits per heavy atom. The first-order valence-electron chi connectivity index (χ1n) is 7.51. The highest BCUT2D eigenvalue weighted by molar-refractivity contribution is 6.00. The average Bonchev–Trinajstić information content (AvgIpc) is 2.64. The van der Waals surface area contributed by atoms with Crippen LogP contribution < -0.4 is 0 Å². The van der Waals surface area contributed by atoms with Gasteiger partial charge in [-0.3, -0.25) is 9.59 Å². The Labute approximate surface area is 125 Å². The summed E-state index contributed by atoms with van der Waals surface area (Å²) in [5, 5.41) is 9.51. The number of amides is 1. The zero-order valence-electron chi connectivity index (χ0n) is 13.1. The van der Waals surface area contributed by atoms with Gasteiger partial charge in [-0.15, -0.1) is 0 Å². The molecule has 0 bridgehead atoms. The molecule has 0 saturated heterocycles. The summed E-state index contributed by atoms with van der Waals surface area (Å²) in [6.07, 6.45) is 0.509. The molecule has 1 aliphatic rings. The zero-order chi connectivity index (χ0) is 15.7. The van der Waals surface area contributed by atoms with E-state index in [9.17, 15) is 14.7 Å². The fourth-order valence-corrected chi connectivity index (χ4v) is 3.12. The van der Waals surface area contributed by atoms with Crippen LogP contribution in [-0.4, -0.2) is 28.4 Å². The van der Waals surface area contributed by atoms with Crippen LogP contribution >= 0.6 is 0 Å². The third-order valence-electron chi connectivity index (χ3n) is 4.05. The summed E-state index contributed by atoms with van der Waals surface area (Å²) >= 11 is 0. The number of benzene rings is 1. The molecule has 0 aromatic heterocycles. The maximum Gasteiger partial charge on any atom is 0.308 e. The number of aryl methyl sites for hydroxylation is 1. The third-order valence-corrected chi connectivity index (χ3v) is 4.05. The first-order chi connectivity index (χ1) is 9.86. The lowest BCUT2D eigenvalue weighted by Gasteiger charge is -2.30. The highest BCUT2D eigenvalue weighted by atomic mass is 16.4. The second-order valence-electron chi connectivity index (χ2n) is 6.24. The fraction of sp³-hybridized carbons (Fsp3) is 0.529. The minimum absolute atomic E-state index is 0.0351. The van der Waals surface area contributed by atoms with E-state index in [1.807, 2.05) is 45.9 Å². The topological polar surface area (TPSA) is 57.6 Å². The molecule has 1 aliphatic heterocycles. The van der Waals surface area contributed by atoms with Crippen LogP contribution in [0.1, 0.15) is 54.7 Å². The maximum absolute atomic E-state index is 12.7. The van der Waals surface area contributed by atoms with Gasteiger partial charge in [-0.2, -0.15) is 0 Å². The minimum Gasteiger partial charge on any atom is -0.481 e. The van der Waals surface area contributed by atoms with Crippen LogP contribution in [-0.2, 0) is 4.79 Å². The molecule has 4 heteroatoms. The van der Waals surface area contributed by atoms with E-state index in [0.717, 1.165) is 11.1 Å².